The summed E-state index contributed by atoms with van der Waals surface area (Å²) >= 11 is 0. The molecule has 0 aliphatic carbocycles. The number of rotatable bonds is 6. The van der Waals surface area contributed by atoms with E-state index in [0.29, 0.717) is 31.6 Å². The Labute approximate surface area is 216 Å². The van der Waals surface area contributed by atoms with Crippen LogP contribution in [0.3, 0.4) is 0 Å². The van der Waals surface area contributed by atoms with Crippen LogP contribution in [0.2, 0.25) is 0 Å². The van der Waals surface area contributed by atoms with Gasteiger partial charge in [-0.3, -0.25) is 14.7 Å². The summed E-state index contributed by atoms with van der Waals surface area (Å²) in [5.41, 5.74) is 7.00. The number of hydrogen-bond acceptors (Lipinski definition) is 7. The zero-order valence-electron chi connectivity index (χ0n) is 21.6. The van der Waals surface area contributed by atoms with Crippen molar-refractivity contribution in [3.05, 3.63) is 52.6 Å². The second-order valence-electron chi connectivity index (χ2n) is 11.1. The van der Waals surface area contributed by atoms with E-state index in [1.54, 1.807) is 35.9 Å². The predicted molar refractivity (Wildman–Crippen MR) is 141 cm³/mol. The molecule has 0 saturated carbocycles. The first-order valence-corrected chi connectivity index (χ1v) is 12.9. The number of carbonyl (C=O) groups excluding carboxylic acids is 2. The molecule has 11 nitrogen and oxygen atoms in total. The summed E-state index contributed by atoms with van der Waals surface area (Å²) < 4.78 is 1.46. The lowest BCUT2D eigenvalue weighted by atomic mass is 9.74. The number of amides is 3. The fourth-order valence-electron chi connectivity index (χ4n) is 5.25. The topological polar surface area (TPSA) is 129 Å². The van der Waals surface area contributed by atoms with E-state index in [9.17, 15) is 14.4 Å². The van der Waals surface area contributed by atoms with Crippen molar-refractivity contribution < 1.29 is 9.59 Å². The number of nitrogens with zero attached hydrogens (tertiary/aromatic N) is 5. The Bertz CT molecular complexity index is 1200. The molecule has 4 heterocycles. The number of urea groups is 1. The Morgan fingerprint density at radius 2 is 1.70 bits per heavy atom. The van der Waals surface area contributed by atoms with Gasteiger partial charge in [-0.1, -0.05) is 12.1 Å². The third-order valence-corrected chi connectivity index (χ3v) is 7.49. The molecule has 3 amide bonds. The van der Waals surface area contributed by atoms with E-state index in [2.05, 4.69) is 20.5 Å². The highest BCUT2D eigenvalue weighted by Crippen LogP contribution is 2.33. The highest BCUT2D eigenvalue weighted by Gasteiger charge is 2.46. The molecule has 1 spiro atoms. The molecule has 3 aliphatic heterocycles. The maximum atomic E-state index is 12.7. The maximum absolute atomic E-state index is 12.7. The minimum absolute atomic E-state index is 0.137. The first-order chi connectivity index (χ1) is 17.6. The minimum Gasteiger partial charge on any atom is -0.338 e. The van der Waals surface area contributed by atoms with Gasteiger partial charge in [0.2, 0.25) is 5.91 Å². The molecule has 1 aromatic heterocycles. The van der Waals surface area contributed by atoms with Gasteiger partial charge in [-0.15, -0.1) is 0 Å². The van der Waals surface area contributed by atoms with Crippen molar-refractivity contribution in [3.63, 3.8) is 0 Å². The number of likely N-dealkylation sites (tertiary alicyclic amines) is 1. The Kier molecular flexibility index (Phi) is 6.78. The number of piperazine rings is 1. The molecular weight excluding hydrogens is 472 g/mol. The normalized spacial score (nSPS) is 19.3. The van der Waals surface area contributed by atoms with E-state index in [0.717, 1.165) is 31.7 Å². The van der Waals surface area contributed by atoms with Gasteiger partial charge in [0.1, 0.15) is 5.82 Å². The van der Waals surface area contributed by atoms with Crippen LogP contribution in [0, 0.1) is 5.41 Å². The molecule has 37 heavy (non-hydrogen) atoms. The molecule has 0 atom stereocenters. The second kappa shape index (κ2) is 9.88. The van der Waals surface area contributed by atoms with Gasteiger partial charge in [-0.25, -0.2) is 9.59 Å². The third-order valence-electron chi connectivity index (χ3n) is 7.49. The van der Waals surface area contributed by atoms with Gasteiger partial charge < -0.3 is 25.8 Å². The van der Waals surface area contributed by atoms with Crippen LogP contribution in [-0.2, 0) is 11.2 Å². The van der Waals surface area contributed by atoms with Crippen LogP contribution >= 0.6 is 0 Å². The van der Waals surface area contributed by atoms with E-state index >= 15 is 0 Å². The van der Waals surface area contributed by atoms with E-state index in [1.165, 1.54) is 23.2 Å². The van der Waals surface area contributed by atoms with Crippen molar-refractivity contribution in [2.75, 3.05) is 64.2 Å². The van der Waals surface area contributed by atoms with E-state index in [1.807, 2.05) is 24.3 Å². The first-order valence-electron chi connectivity index (χ1n) is 12.9. The van der Waals surface area contributed by atoms with Gasteiger partial charge in [0.05, 0.1) is 11.2 Å². The number of carbonyl (C=O) groups is 2. The maximum Gasteiger partial charge on any atom is 0.354 e. The van der Waals surface area contributed by atoms with Crippen molar-refractivity contribution in [2.24, 2.45) is 11.1 Å². The predicted octanol–water partition coefficient (Wildman–Crippen LogP) is 0.0936. The number of nitrogens with two attached hydrogens (primary N) is 1. The van der Waals surface area contributed by atoms with Gasteiger partial charge in [0, 0.05) is 70.5 Å². The Morgan fingerprint density at radius 1 is 1.05 bits per heavy atom. The Hall–Kier alpha value is -3.28. The summed E-state index contributed by atoms with van der Waals surface area (Å²) in [7, 11) is 0. The lowest BCUT2D eigenvalue weighted by molar-refractivity contribution is -0.137. The highest BCUT2D eigenvalue weighted by molar-refractivity contribution is 5.89. The van der Waals surface area contributed by atoms with Gasteiger partial charge in [-0.05, 0) is 44.0 Å². The average Bonchev–Trinajstić information content (AvgIpc) is 2.82. The number of benzene rings is 1. The molecule has 0 unspecified atom stereocenters. The zero-order chi connectivity index (χ0) is 26.2. The number of nitrogens with one attached hydrogen (secondary N) is 2. The first kappa shape index (κ1) is 25.4. The molecule has 3 fully saturated rings. The lowest BCUT2D eigenvalue weighted by Crippen LogP contribution is -2.71. The molecule has 0 bridgehead atoms. The van der Waals surface area contributed by atoms with Gasteiger partial charge >= 0.3 is 11.7 Å². The third kappa shape index (κ3) is 5.53. The smallest absolute Gasteiger partial charge is 0.338 e. The molecular formula is C26H36N8O3. The molecule has 1 aromatic carbocycles. The SMILES string of the molecule is CC(C)(N)C(=O)N1CCN(C(=O)Nc2ccn(-c3ccc(CCN4CC5(CNC5)C4)cc3)c(=O)n2)CC1. The Balaban J connectivity index is 1.12. The van der Waals surface area contributed by atoms with Crippen molar-refractivity contribution in [1.29, 1.82) is 0 Å². The molecule has 198 valence electrons. The fraction of sp³-hybridized carbons (Fsp3) is 0.538. The molecule has 5 rings (SSSR count). The van der Waals surface area contributed by atoms with Crippen LogP contribution in [-0.4, -0.2) is 101 Å². The number of aromatic nitrogens is 2. The summed E-state index contributed by atoms with van der Waals surface area (Å²) in [6.07, 6.45) is 2.60. The monoisotopic (exact) mass is 508 g/mol. The minimum atomic E-state index is -0.941. The number of hydrogen-bond donors (Lipinski definition) is 3. The van der Waals surface area contributed by atoms with Crippen LogP contribution < -0.4 is 22.1 Å². The van der Waals surface area contributed by atoms with Crippen LogP contribution in [0.1, 0.15) is 19.4 Å². The van der Waals surface area contributed by atoms with Crippen LogP contribution in [0.5, 0.6) is 0 Å². The molecule has 2 aromatic rings. The summed E-state index contributed by atoms with van der Waals surface area (Å²) in [6, 6.07) is 9.21. The Morgan fingerprint density at radius 3 is 2.27 bits per heavy atom. The van der Waals surface area contributed by atoms with Gasteiger partial charge in [0.15, 0.2) is 0 Å². The van der Waals surface area contributed by atoms with E-state index < -0.39 is 11.2 Å². The van der Waals surface area contributed by atoms with Crippen LogP contribution in [0.25, 0.3) is 5.69 Å². The van der Waals surface area contributed by atoms with Crippen molar-refractivity contribution in [1.82, 2.24) is 29.6 Å². The van der Waals surface area contributed by atoms with Crippen LogP contribution in [0.15, 0.2) is 41.3 Å². The summed E-state index contributed by atoms with van der Waals surface area (Å²) in [4.78, 5) is 47.5. The quantitative estimate of drug-likeness (QED) is 0.505. The molecule has 11 heteroatoms. The molecule has 4 N–H and O–H groups in total. The standard InChI is InChI=1S/C26H36N8O3/c1-25(2,27)22(35)32-11-13-33(14-12-32)23(36)29-21-8-10-34(24(37)30-21)20-5-3-19(4-6-20)7-9-31-17-26(18-31)15-28-16-26/h3-6,8,10,28H,7,9,11-18,27H2,1-2H3,(H,29,30,36,37). The average molecular weight is 509 g/mol. The van der Waals surface area contributed by atoms with Crippen molar-refractivity contribution >= 4 is 17.8 Å². The van der Waals surface area contributed by atoms with Gasteiger partial charge in [-0.2, -0.15) is 4.98 Å². The highest BCUT2D eigenvalue weighted by atomic mass is 16.2. The van der Waals surface area contributed by atoms with Gasteiger partial charge in [0.25, 0.3) is 0 Å². The molecule has 3 saturated heterocycles. The summed E-state index contributed by atoms with van der Waals surface area (Å²) in [6.45, 7) is 10.6. The largest absolute Gasteiger partial charge is 0.354 e. The zero-order valence-corrected chi connectivity index (χ0v) is 21.6. The molecule has 0 radical (unpaired) electrons. The molecule has 3 aliphatic rings. The van der Waals surface area contributed by atoms with Crippen molar-refractivity contribution in [3.8, 4) is 5.69 Å². The second-order valence-corrected chi connectivity index (χ2v) is 11.1. The summed E-state index contributed by atoms with van der Waals surface area (Å²) in [5, 5.41) is 6.06. The number of anilines is 1. The van der Waals surface area contributed by atoms with Crippen molar-refractivity contribution in [2.45, 2.75) is 25.8 Å². The summed E-state index contributed by atoms with van der Waals surface area (Å²) in [5.74, 6) is 0.0556. The fourth-order valence-corrected chi connectivity index (χ4v) is 5.25. The van der Waals surface area contributed by atoms with E-state index in [4.69, 9.17) is 5.73 Å². The van der Waals surface area contributed by atoms with E-state index in [-0.39, 0.29) is 17.8 Å². The van der Waals surface area contributed by atoms with Crippen LogP contribution in [0.4, 0.5) is 10.6 Å². The lowest BCUT2D eigenvalue weighted by Gasteiger charge is -2.56.